The minimum Gasteiger partial charge on any atom is -0.462 e. The molecule has 4 nitrogen and oxygen atoms in total. The van der Waals surface area contributed by atoms with Crippen LogP contribution in [0.1, 0.15) is 72.1 Å². The molecule has 5 heteroatoms. The maximum atomic E-state index is 11.5. The van der Waals surface area contributed by atoms with Crippen molar-refractivity contribution in [2.24, 2.45) is 28.6 Å². The third-order valence-electron chi connectivity index (χ3n) is 9.17. The van der Waals surface area contributed by atoms with E-state index >= 15 is 0 Å². The van der Waals surface area contributed by atoms with Crippen molar-refractivity contribution in [3.63, 3.8) is 0 Å². The van der Waals surface area contributed by atoms with Crippen LogP contribution in [0.5, 0.6) is 0 Å². The van der Waals surface area contributed by atoms with Gasteiger partial charge in [0.1, 0.15) is 11.7 Å². The van der Waals surface area contributed by atoms with E-state index in [0.717, 1.165) is 44.9 Å². The molecule has 166 valence electrons. The van der Waals surface area contributed by atoms with E-state index in [-0.39, 0.29) is 22.9 Å². The first-order valence-electron chi connectivity index (χ1n) is 11.9. The molecule has 0 aromatic carbocycles. The molecule has 4 aliphatic carbocycles. The molecule has 0 aliphatic heterocycles. The Morgan fingerprint density at radius 3 is 2.47 bits per heavy atom. The van der Waals surface area contributed by atoms with Gasteiger partial charge in [-0.15, -0.1) is 0 Å². The van der Waals surface area contributed by atoms with Gasteiger partial charge < -0.3 is 9.16 Å². The zero-order valence-electron chi connectivity index (χ0n) is 19.7. The molecule has 0 saturated heterocycles. The molecule has 0 spiro atoms. The fraction of sp³-hybridized carbons (Fsp3) is 0.840. The molecule has 0 aromatic rings. The molecule has 0 aromatic heterocycles. The van der Waals surface area contributed by atoms with Crippen LogP contribution in [-0.2, 0) is 14.0 Å². The monoisotopic (exact) mass is 429 g/mol. The van der Waals surface area contributed by atoms with E-state index < -0.39 is 13.9 Å². The third kappa shape index (κ3) is 3.30. The van der Waals surface area contributed by atoms with E-state index in [1.54, 1.807) is 0 Å². The van der Waals surface area contributed by atoms with Gasteiger partial charge in [-0.3, -0.25) is 4.79 Å². The number of esters is 1. The van der Waals surface area contributed by atoms with Crippen molar-refractivity contribution in [3.05, 3.63) is 11.6 Å². The van der Waals surface area contributed by atoms with Gasteiger partial charge in [0.25, 0.3) is 0 Å². The van der Waals surface area contributed by atoms with Gasteiger partial charge in [-0.1, -0.05) is 25.5 Å². The lowest BCUT2D eigenvalue weighted by atomic mass is 9.47. The Hall–Kier alpha value is -1.12. The van der Waals surface area contributed by atoms with Crippen LogP contribution >= 0.6 is 0 Å². The number of carbonyl (C=O) groups is 1. The van der Waals surface area contributed by atoms with Crippen LogP contribution in [0.2, 0.25) is 19.6 Å². The molecule has 0 bridgehead atoms. The van der Waals surface area contributed by atoms with Gasteiger partial charge in [-0.05, 0) is 87.8 Å². The highest BCUT2D eigenvalue weighted by Crippen LogP contribution is 2.68. The number of nitrogens with zero attached hydrogens (tertiary/aromatic N) is 1. The van der Waals surface area contributed by atoms with Gasteiger partial charge in [0.2, 0.25) is 0 Å². The van der Waals surface area contributed by atoms with Gasteiger partial charge in [-0.25, -0.2) is 0 Å². The SMILES string of the molecule is CC(=O)O[C@@H]1CC[C@@]2(C)C(=CC[C@@H]3[C@@H]2CC[C@@]2(C)[C@H]3CC[C@@]2(C#N)O[Si](C)(C)C)C1. The molecule has 30 heavy (non-hydrogen) atoms. The number of allylic oxidation sites excluding steroid dienone is 1. The first-order valence-corrected chi connectivity index (χ1v) is 15.3. The molecule has 3 fully saturated rings. The third-order valence-corrected chi connectivity index (χ3v) is 10.1. The second-order valence-electron chi connectivity index (χ2n) is 11.9. The normalized spacial score (nSPS) is 45.4. The van der Waals surface area contributed by atoms with Crippen LogP contribution in [0.15, 0.2) is 11.6 Å². The van der Waals surface area contributed by atoms with Gasteiger partial charge in [0, 0.05) is 18.8 Å². The Bertz CT molecular complexity index is 795. The summed E-state index contributed by atoms with van der Waals surface area (Å²) in [4.78, 5) is 11.5. The van der Waals surface area contributed by atoms with Crippen molar-refractivity contribution in [2.45, 2.75) is 103 Å². The molecular weight excluding hydrogens is 390 g/mol. The summed E-state index contributed by atoms with van der Waals surface area (Å²) < 4.78 is 12.3. The smallest absolute Gasteiger partial charge is 0.302 e. The van der Waals surface area contributed by atoms with Crippen LogP contribution in [0.3, 0.4) is 0 Å². The predicted octanol–water partition coefficient (Wildman–Crippen LogP) is 5.99. The topological polar surface area (TPSA) is 59.3 Å². The van der Waals surface area contributed by atoms with Crippen LogP contribution in [-0.4, -0.2) is 26.0 Å². The van der Waals surface area contributed by atoms with E-state index in [4.69, 9.17) is 9.16 Å². The molecule has 0 radical (unpaired) electrons. The highest BCUT2D eigenvalue weighted by atomic mass is 28.4. The highest BCUT2D eigenvalue weighted by Gasteiger charge is 2.65. The summed E-state index contributed by atoms with van der Waals surface area (Å²) in [6, 6.07) is 2.71. The average Bonchev–Trinajstić information content (AvgIpc) is 2.93. The van der Waals surface area contributed by atoms with Crippen molar-refractivity contribution >= 4 is 14.3 Å². The minimum atomic E-state index is -1.82. The quantitative estimate of drug-likeness (QED) is 0.314. The van der Waals surface area contributed by atoms with Crippen molar-refractivity contribution in [3.8, 4) is 6.07 Å². The zero-order chi connectivity index (χ0) is 21.9. The highest BCUT2D eigenvalue weighted by molar-refractivity contribution is 6.69. The molecule has 0 amide bonds. The van der Waals surface area contributed by atoms with Crippen LogP contribution < -0.4 is 0 Å². The Morgan fingerprint density at radius 2 is 1.83 bits per heavy atom. The molecule has 4 aliphatic rings. The molecule has 0 N–H and O–H groups in total. The first-order chi connectivity index (χ1) is 13.9. The van der Waals surface area contributed by atoms with Crippen LogP contribution in [0.4, 0.5) is 0 Å². The fourth-order valence-corrected chi connectivity index (χ4v) is 9.28. The summed E-state index contributed by atoms with van der Waals surface area (Å²) in [5.74, 6) is 1.72. The summed E-state index contributed by atoms with van der Waals surface area (Å²) in [6.45, 7) is 13.0. The van der Waals surface area contributed by atoms with E-state index in [2.05, 4.69) is 45.6 Å². The average molecular weight is 430 g/mol. The van der Waals surface area contributed by atoms with Gasteiger partial charge in [0.15, 0.2) is 8.32 Å². The molecule has 3 saturated carbocycles. The van der Waals surface area contributed by atoms with E-state index in [9.17, 15) is 10.1 Å². The molecule has 0 heterocycles. The van der Waals surface area contributed by atoms with Crippen molar-refractivity contribution in [1.29, 1.82) is 5.26 Å². The van der Waals surface area contributed by atoms with Gasteiger partial charge >= 0.3 is 5.97 Å². The Morgan fingerprint density at radius 1 is 1.13 bits per heavy atom. The van der Waals surface area contributed by atoms with Crippen LogP contribution in [0.25, 0.3) is 0 Å². The maximum Gasteiger partial charge on any atom is 0.302 e. The summed E-state index contributed by atoms with van der Waals surface area (Å²) in [5, 5.41) is 10.3. The maximum absolute atomic E-state index is 11.5. The zero-order valence-corrected chi connectivity index (χ0v) is 20.7. The molecule has 0 unspecified atom stereocenters. The Labute approximate surface area is 183 Å². The minimum absolute atomic E-state index is 0.0418. The first kappa shape index (κ1) is 22.1. The lowest BCUT2D eigenvalue weighted by Crippen LogP contribution is -2.57. The second-order valence-corrected chi connectivity index (χ2v) is 16.3. The lowest BCUT2D eigenvalue weighted by Gasteiger charge is -2.59. The van der Waals surface area contributed by atoms with E-state index in [0.29, 0.717) is 17.8 Å². The Kier molecular flexibility index (Phi) is 5.30. The molecule has 4 rings (SSSR count). The summed E-state index contributed by atoms with van der Waals surface area (Å²) in [5.41, 5.74) is 1.09. The van der Waals surface area contributed by atoms with Crippen molar-refractivity contribution < 1.29 is 14.0 Å². The van der Waals surface area contributed by atoms with Crippen molar-refractivity contribution in [2.75, 3.05) is 0 Å². The summed E-state index contributed by atoms with van der Waals surface area (Å²) in [7, 11) is -1.82. The Balaban J connectivity index is 1.61. The number of carbonyl (C=O) groups excluding carboxylic acids is 1. The van der Waals surface area contributed by atoms with Gasteiger partial charge in [-0.2, -0.15) is 5.26 Å². The number of hydrogen-bond acceptors (Lipinski definition) is 4. The van der Waals surface area contributed by atoms with Gasteiger partial charge in [0.05, 0.1) is 6.07 Å². The van der Waals surface area contributed by atoms with Crippen molar-refractivity contribution in [1.82, 2.24) is 0 Å². The number of ether oxygens (including phenoxy) is 1. The number of fused-ring (bicyclic) bond motifs is 5. The van der Waals surface area contributed by atoms with Crippen LogP contribution in [0, 0.1) is 39.9 Å². The number of rotatable bonds is 3. The lowest BCUT2D eigenvalue weighted by molar-refractivity contribution is -0.149. The van der Waals surface area contributed by atoms with E-state index in [1.807, 2.05) is 0 Å². The predicted molar refractivity (Wildman–Crippen MR) is 120 cm³/mol. The summed E-state index contributed by atoms with van der Waals surface area (Å²) in [6.07, 6.45) is 10.9. The number of nitriles is 1. The number of hydrogen-bond donors (Lipinski definition) is 0. The fourth-order valence-electron chi connectivity index (χ4n) is 7.86. The standard InChI is InChI=1S/C25H39NO3Si/c1-17(27)28-19-9-12-23(2)18(15-19)7-8-20-21(23)10-13-24(3)22(20)11-14-25(24,16-26)29-30(4,5)6/h7,19-22H,8-15H2,1-6H3/t19-,20-,21+,22+,23+,24+,25+/m1/s1. The molecular formula is C25H39NO3Si. The largest absolute Gasteiger partial charge is 0.462 e. The second kappa shape index (κ2) is 7.20. The summed E-state index contributed by atoms with van der Waals surface area (Å²) >= 11 is 0. The molecule has 7 atom stereocenters. The van der Waals surface area contributed by atoms with E-state index in [1.165, 1.54) is 18.9 Å².